The van der Waals surface area contributed by atoms with Crippen LogP contribution in [0, 0.1) is 0 Å². The fraction of sp³-hybridized carbons (Fsp3) is 0.208. The summed E-state index contributed by atoms with van der Waals surface area (Å²) in [5, 5.41) is 3.81. The number of nitrogens with two attached hydrogens (primary N) is 1. The molecule has 2 heterocycles. The van der Waals surface area contributed by atoms with Crippen LogP contribution in [0.2, 0.25) is 15.1 Å². The summed E-state index contributed by atoms with van der Waals surface area (Å²) in [5.41, 5.74) is 6.57. The molecule has 0 fully saturated rings. The molecule has 0 aromatic heterocycles. The zero-order chi connectivity index (χ0) is 24.4. The van der Waals surface area contributed by atoms with Crippen LogP contribution in [0.3, 0.4) is 0 Å². The topological polar surface area (TPSA) is 102 Å². The average molecular weight is 519 g/mol. The molecule has 1 atom stereocenters. The summed E-state index contributed by atoms with van der Waals surface area (Å²) in [6.45, 7) is 0. The zero-order valence-electron chi connectivity index (χ0n) is 17.9. The molecule has 3 aliphatic rings. The van der Waals surface area contributed by atoms with E-state index in [2.05, 4.69) is 5.32 Å². The van der Waals surface area contributed by atoms with Crippen molar-refractivity contribution in [3.05, 3.63) is 79.7 Å². The predicted octanol–water partition coefficient (Wildman–Crippen LogP) is 4.71. The number of hydrogen-bond donors (Lipinski definition) is 2. The number of benzene rings is 2. The summed E-state index contributed by atoms with van der Waals surface area (Å²) in [4.78, 5) is 42.1. The van der Waals surface area contributed by atoms with Crippen LogP contribution in [0.5, 0.6) is 0 Å². The third kappa shape index (κ3) is 3.00. The number of esters is 1. The van der Waals surface area contributed by atoms with Crippen LogP contribution in [0.1, 0.15) is 24.8 Å². The third-order valence-corrected chi connectivity index (χ3v) is 7.19. The minimum absolute atomic E-state index is 0.0625. The van der Waals surface area contributed by atoms with Crippen molar-refractivity contribution in [2.75, 3.05) is 17.3 Å². The lowest BCUT2D eigenvalue weighted by molar-refractivity contribution is -0.138. The van der Waals surface area contributed by atoms with E-state index in [1.165, 1.54) is 13.2 Å². The lowest BCUT2D eigenvalue weighted by Crippen LogP contribution is -2.53. The molecular weight excluding hydrogens is 501 g/mol. The number of rotatable bonds is 2. The molecule has 1 amide bonds. The molecule has 2 aromatic rings. The number of Topliss-reactive ketones (excluding diaryl/α,β-unsaturated/α-hetero) is 1. The number of carbonyl (C=O) groups is 3. The number of methoxy groups -OCH3 is 1. The molecule has 2 aromatic carbocycles. The molecule has 7 nitrogen and oxygen atoms in total. The fourth-order valence-electron chi connectivity index (χ4n) is 5.12. The molecule has 1 spiro atoms. The Kier molecular flexibility index (Phi) is 5.39. The first-order chi connectivity index (χ1) is 16.2. The smallest absolute Gasteiger partial charge is 0.339 e. The Morgan fingerprint density at radius 3 is 2.50 bits per heavy atom. The number of fused-ring (bicyclic) bond motifs is 3. The SMILES string of the molecule is COC(=O)C1=C(N)N(c2ccc(Cl)cc2Cl)C2=C(C(=O)CCC2)C12C(=O)Nc1ccc(Cl)cc12. The molecule has 2 aliphatic heterocycles. The number of halogens is 3. The van der Waals surface area contributed by atoms with Gasteiger partial charge in [0, 0.05) is 39.0 Å². The maximum atomic E-state index is 13.8. The van der Waals surface area contributed by atoms with E-state index in [1.54, 1.807) is 35.2 Å². The van der Waals surface area contributed by atoms with Crippen molar-refractivity contribution in [3.8, 4) is 0 Å². The molecule has 10 heteroatoms. The molecule has 1 aliphatic carbocycles. The van der Waals surface area contributed by atoms with Gasteiger partial charge in [0.2, 0.25) is 5.91 Å². The van der Waals surface area contributed by atoms with Crippen LogP contribution < -0.4 is 16.0 Å². The number of anilines is 2. The van der Waals surface area contributed by atoms with Crippen molar-refractivity contribution in [1.29, 1.82) is 0 Å². The van der Waals surface area contributed by atoms with Gasteiger partial charge in [-0.2, -0.15) is 0 Å². The van der Waals surface area contributed by atoms with E-state index in [4.69, 9.17) is 45.3 Å². The molecule has 5 rings (SSSR count). The Hall–Kier alpha value is -3.00. The first-order valence-corrected chi connectivity index (χ1v) is 11.6. The number of nitrogens with one attached hydrogen (secondary N) is 1. The fourth-order valence-corrected chi connectivity index (χ4v) is 5.78. The number of nitrogens with zero attached hydrogens (tertiary/aromatic N) is 1. The average Bonchev–Trinajstić information content (AvgIpc) is 3.06. The normalized spacial score (nSPS) is 21.6. The maximum Gasteiger partial charge on any atom is 0.339 e. The van der Waals surface area contributed by atoms with Crippen molar-refractivity contribution in [1.82, 2.24) is 0 Å². The van der Waals surface area contributed by atoms with E-state index in [1.807, 2.05) is 0 Å². The summed E-state index contributed by atoms with van der Waals surface area (Å²) in [7, 11) is 1.19. The number of ether oxygens (including phenoxy) is 1. The van der Waals surface area contributed by atoms with E-state index < -0.39 is 17.3 Å². The highest BCUT2D eigenvalue weighted by molar-refractivity contribution is 6.36. The van der Waals surface area contributed by atoms with Gasteiger partial charge in [0.15, 0.2) is 5.78 Å². The molecular formula is C24H18Cl3N3O4. The Labute approximate surface area is 210 Å². The highest BCUT2D eigenvalue weighted by atomic mass is 35.5. The van der Waals surface area contributed by atoms with Crippen LogP contribution in [-0.2, 0) is 24.5 Å². The van der Waals surface area contributed by atoms with Crippen molar-refractivity contribution < 1.29 is 19.1 Å². The van der Waals surface area contributed by atoms with Crippen LogP contribution >= 0.6 is 34.8 Å². The van der Waals surface area contributed by atoms with Gasteiger partial charge in [0.25, 0.3) is 0 Å². The maximum absolute atomic E-state index is 13.8. The van der Waals surface area contributed by atoms with Crippen molar-refractivity contribution in [2.24, 2.45) is 5.73 Å². The van der Waals surface area contributed by atoms with Gasteiger partial charge >= 0.3 is 5.97 Å². The number of carbonyl (C=O) groups excluding carboxylic acids is 3. The Bertz CT molecular complexity index is 1370. The quantitative estimate of drug-likeness (QED) is 0.559. The highest BCUT2D eigenvalue weighted by Gasteiger charge is 2.62. The lowest BCUT2D eigenvalue weighted by atomic mass is 9.63. The van der Waals surface area contributed by atoms with Gasteiger partial charge in [-0.1, -0.05) is 34.8 Å². The second-order valence-corrected chi connectivity index (χ2v) is 9.46. The van der Waals surface area contributed by atoms with Crippen molar-refractivity contribution in [2.45, 2.75) is 24.7 Å². The number of ketones is 1. The second-order valence-electron chi connectivity index (χ2n) is 8.18. The first-order valence-electron chi connectivity index (χ1n) is 10.4. The largest absolute Gasteiger partial charge is 0.466 e. The predicted molar refractivity (Wildman–Crippen MR) is 130 cm³/mol. The number of allylic oxidation sites excluding steroid dienone is 1. The van der Waals surface area contributed by atoms with Gasteiger partial charge in [-0.05, 0) is 49.2 Å². The molecule has 3 N–H and O–H groups in total. The van der Waals surface area contributed by atoms with E-state index in [9.17, 15) is 14.4 Å². The van der Waals surface area contributed by atoms with E-state index in [-0.39, 0.29) is 34.2 Å². The van der Waals surface area contributed by atoms with Crippen LogP contribution in [0.25, 0.3) is 0 Å². The summed E-state index contributed by atoms with van der Waals surface area (Å²) in [6, 6.07) is 9.63. The van der Waals surface area contributed by atoms with Gasteiger partial charge < -0.3 is 15.8 Å². The molecule has 0 radical (unpaired) electrons. The second kappa shape index (κ2) is 8.05. The van der Waals surface area contributed by atoms with Gasteiger partial charge in [-0.3, -0.25) is 14.5 Å². The molecule has 174 valence electrons. The number of hydrogen-bond acceptors (Lipinski definition) is 6. The minimum atomic E-state index is -1.81. The first kappa shape index (κ1) is 22.8. The van der Waals surface area contributed by atoms with Crippen molar-refractivity contribution >= 4 is 63.8 Å². The van der Waals surface area contributed by atoms with Gasteiger partial charge in [-0.15, -0.1) is 0 Å². The summed E-state index contributed by atoms with van der Waals surface area (Å²) in [5.74, 6) is -1.75. The molecule has 34 heavy (non-hydrogen) atoms. The van der Waals surface area contributed by atoms with Crippen molar-refractivity contribution in [3.63, 3.8) is 0 Å². The Morgan fingerprint density at radius 1 is 1.09 bits per heavy atom. The third-order valence-electron chi connectivity index (χ3n) is 6.42. The van der Waals surface area contributed by atoms with Gasteiger partial charge in [-0.25, -0.2) is 4.79 Å². The van der Waals surface area contributed by atoms with Crippen LogP contribution in [0.4, 0.5) is 11.4 Å². The van der Waals surface area contributed by atoms with E-state index >= 15 is 0 Å². The van der Waals surface area contributed by atoms with Crippen LogP contribution in [0.15, 0.2) is 59.1 Å². The Balaban J connectivity index is 1.93. The van der Waals surface area contributed by atoms with E-state index in [0.717, 1.165) is 0 Å². The minimum Gasteiger partial charge on any atom is -0.466 e. The molecule has 1 unspecified atom stereocenters. The summed E-state index contributed by atoms with van der Waals surface area (Å²) in [6.07, 6.45) is 1.18. The highest BCUT2D eigenvalue weighted by Crippen LogP contribution is 2.56. The Morgan fingerprint density at radius 2 is 1.79 bits per heavy atom. The monoisotopic (exact) mass is 517 g/mol. The van der Waals surface area contributed by atoms with Crippen LogP contribution in [-0.4, -0.2) is 24.8 Å². The molecule has 0 saturated carbocycles. The summed E-state index contributed by atoms with van der Waals surface area (Å²) >= 11 is 18.9. The number of amides is 1. The standard InChI is InChI=1S/C24H18Cl3N3O4/c1-34-22(32)20-21(28)30(16-8-6-12(26)10-14(16)27)17-3-2-4-18(31)19(17)24(20)13-9-11(25)5-7-15(13)29-23(24)33/h5-10H,2-4,28H2,1H3,(H,29,33). The molecule has 0 saturated heterocycles. The molecule has 0 bridgehead atoms. The zero-order valence-corrected chi connectivity index (χ0v) is 20.1. The van der Waals surface area contributed by atoms with Gasteiger partial charge in [0.1, 0.15) is 16.8 Å². The van der Waals surface area contributed by atoms with E-state index in [0.29, 0.717) is 45.5 Å². The summed E-state index contributed by atoms with van der Waals surface area (Å²) < 4.78 is 5.08. The lowest BCUT2D eigenvalue weighted by Gasteiger charge is -2.44. The van der Waals surface area contributed by atoms with Gasteiger partial charge in [0.05, 0.1) is 17.8 Å².